The highest BCUT2D eigenvalue weighted by atomic mass is 16.3. The lowest BCUT2D eigenvalue weighted by Crippen LogP contribution is -2.52. The van der Waals surface area contributed by atoms with Crippen LogP contribution in [0.4, 0.5) is 0 Å². The number of Topliss-reactive ketones (excluding diaryl/α,β-unsaturated/α-hetero) is 1. The summed E-state index contributed by atoms with van der Waals surface area (Å²) in [6, 6.07) is 17.4. The fourth-order valence-corrected chi connectivity index (χ4v) is 3.87. The molecule has 28 heavy (non-hydrogen) atoms. The lowest BCUT2D eigenvalue weighted by molar-refractivity contribution is -0.116. The van der Waals surface area contributed by atoms with Crippen molar-refractivity contribution in [1.29, 1.82) is 0 Å². The first-order valence-electron chi connectivity index (χ1n) is 9.62. The molecule has 2 N–H and O–H groups in total. The first-order chi connectivity index (χ1) is 13.6. The van der Waals surface area contributed by atoms with E-state index in [1.165, 1.54) is 0 Å². The minimum atomic E-state index is -0.412. The number of nitrogens with one attached hydrogen (secondary N) is 1. The van der Waals surface area contributed by atoms with Crippen LogP contribution in [0.5, 0.6) is 0 Å². The minimum absolute atomic E-state index is 0.0111. The number of nitrogens with zero attached hydrogens (tertiary/aromatic N) is 1. The van der Waals surface area contributed by atoms with Gasteiger partial charge in [-0.1, -0.05) is 73.5 Å². The van der Waals surface area contributed by atoms with Gasteiger partial charge in [0.2, 0.25) is 0 Å². The van der Waals surface area contributed by atoms with Crippen LogP contribution in [0.3, 0.4) is 0 Å². The number of ketones is 1. The predicted molar refractivity (Wildman–Crippen MR) is 108 cm³/mol. The molecule has 2 aliphatic rings. The number of benzene rings is 2. The van der Waals surface area contributed by atoms with Crippen molar-refractivity contribution < 1.29 is 14.7 Å². The Morgan fingerprint density at radius 3 is 2.21 bits per heavy atom. The first kappa shape index (κ1) is 18.2. The predicted octanol–water partition coefficient (Wildman–Crippen LogP) is 3.72. The second kappa shape index (κ2) is 7.80. The van der Waals surface area contributed by atoms with Crippen molar-refractivity contribution in [2.24, 2.45) is 4.99 Å². The van der Waals surface area contributed by atoms with E-state index in [2.05, 4.69) is 10.3 Å². The zero-order valence-electron chi connectivity index (χ0n) is 15.5. The number of carbonyl (C=O) groups excluding carboxylic acids is 2. The van der Waals surface area contributed by atoms with Crippen molar-refractivity contribution in [3.8, 4) is 0 Å². The van der Waals surface area contributed by atoms with Gasteiger partial charge >= 0.3 is 0 Å². The molecule has 0 bridgehead atoms. The van der Waals surface area contributed by atoms with E-state index in [0.29, 0.717) is 11.1 Å². The molecule has 1 amide bonds. The SMILES string of the molecule is O=C1NC2CCCCC2N=C1C(C(=O)c1ccccc1)=C(O)c1ccccc1. The topological polar surface area (TPSA) is 78.8 Å². The molecule has 2 atom stereocenters. The number of hydrogen-bond donors (Lipinski definition) is 2. The van der Waals surface area contributed by atoms with Crippen LogP contribution in [-0.4, -0.2) is 34.6 Å². The second-order valence-electron chi connectivity index (χ2n) is 7.19. The number of hydrogen-bond acceptors (Lipinski definition) is 4. The van der Waals surface area contributed by atoms with Crippen molar-refractivity contribution in [2.45, 2.75) is 37.8 Å². The molecule has 2 unspecified atom stereocenters. The molecule has 0 saturated heterocycles. The molecular weight excluding hydrogens is 352 g/mol. The summed E-state index contributed by atoms with van der Waals surface area (Å²) in [5, 5.41) is 14.0. The molecule has 0 radical (unpaired) electrons. The van der Waals surface area contributed by atoms with Crippen LogP contribution in [0.1, 0.15) is 41.6 Å². The van der Waals surface area contributed by atoms with Gasteiger partial charge in [0, 0.05) is 11.1 Å². The van der Waals surface area contributed by atoms with Gasteiger partial charge in [-0.2, -0.15) is 0 Å². The number of aliphatic hydroxyl groups is 1. The average molecular weight is 374 g/mol. The van der Waals surface area contributed by atoms with Gasteiger partial charge in [-0.05, 0) is 12.8 Å². The highest BCUT2D eigenvalue weighted by Gasteiger charge is 2.37. The summed E-state index contributed by atoms with van der Waals surface area (Å²) in [5.74, 6) is -1.03. The van der Waals surface area contributed by atoms with Crippen molar-refractivity contribution in [3.05, 3.63) is 77.4 Å². The Bertz CT molecular complexity index is 948. The quantitative estimate of drug-likeness (QED) is 0.486. The van der Waals surface area contributed by atoms with E-state index < -0.39 is 11.7 Å². The molecule has 5 heteroatoms. The van der Waals surface area contributed by atoms with Crippen LogP contribution in [0, 0.1) is 0 Å². The molecule has 2 aromatic carbocycles. The maximum Gasteiger partial charge on any atom is 0.270 e. The number of carbonyl (C=O) groups is 2. The van der Waals surface area contributed by atoms with Crippen LogP contribution in [0.2, 0.25) is 0 Å². The van der Waals surface area contributed by atoms with E-state index in [0.717, 1.165) is 25.7 Å². The van der Waals surface area contributed by atoms with Crippen molar-refractivity contribution in [3.63, 3.8) is 0 Å². The highest BCUT2D eigenvalue weighted by molar-refractivity contribution is 6.54. The van der Waals surface area contributed by atoms with E-state index in [-0.39, 0.29) is 29.1 Å². The molecule has 0 spiro atoms. The fraction of sp³-hybridized carbons (Fsp3) is 0.261. The zero-order valence-corrected chi connectivity index (χ0v) is 15.5. The summed E-state index contributed by atoms with van der Waals surface area (Å²) in [5.41, 5.74) is 0.863. The number of aliphatic hydroxyl groups excluding tert-OH is 1. The minimum Gasteiger partial charge on any atom is -0.506 e. The standard InChI is InChI=1S/C23H22N2O3/c26-21(15-9-3-1-4-10-15)19(22(27)16-11-5-2-6-12-16)20-23(28)25-18-14-8-7-13-17(18)24-20/h1-6,9-12,17-18,26H,7-8,13-14H2,(H,25,28). The Kier molecular flexibility index (Phi) is 5.06. The summed E-state index contributed by atoms with van der Waals surface area (Å²) in [6.07, 6.45) is 3.87. The number of aliphatic imine (C=N–C) groups is 1. The van der Waals surface area contributed by atoms with E-state index in [4.69, 9.17) is 0 Å². The van der Waals surface area contributed by atoms with Crippen LogP contribution < -0.4 is 5.32 Å². The van der Waals surface area contributed by atoms with Crippen LogP contribution in [0.25, 0.3) is 5.76 Å². The van der Waals surface area contributed by atoms with E-state index in [9.17, 15) is 14.7 Å². The van der Waals surface area contributed by atoms with Crippen molar-refractivity contribution >= 4 is 23.2 Å². The zero-order chi connectivity index (χ0) is 19.5. The van der Waals surface area contributed by atoms with Gasteiger partial charge < -0.3 is 10.4 Å². The molecule has 2 aromatic rings. The molecule has 1 saturated carbocycles. The monoisotopic (exact) mass is 374 g/mol. The summed E-state index contributed by atoms with van der Waals surface area (Å²) in [6.45, 7) is 0. The molecule has 0 aromatic heterocycles. The van der Waals surface area contributed by atoms with Crippen LogP contribution >= 0.6 is 0 Å². The van der Waals surface area contributed by atoms with E-state index in [1.54, 1.807) is 48.5 Å². The molecule has 1 aliphatic heterocycles. The summed E-state index contributed by atoms with van der Waals surface area (Å²) in [7, 11) is 0. The Labute approximate surface area is 163 Å². The molecule has 142 valence electrons. The van der Waals surface area contributed by atoms with Crippen LogP contribution in [-0.2, 0) is 4.79 Å². The smallest absolute Gasteiger partial charge is 0.270 e. The molecular formula is C23H22N2O3. The summed E-state index contributed by atoms with van der Waals surface area (Å²) in [4.78, 5) is 30.8. The maximum absolute atomic E-state index is 13.3. The third kappa shape index (κ3) is 3.48. The lowest BCUT2D eigenvalue weighted by Gasteiger charge is -2.34. The molecule has 5 nitrogen and oxygen atoms in total. The third-order valence-corrected chi connectivity index (χ3v) is 5.34. The van der Waals surface area contributed by atoms with E-state index in [1.807, 2.05) is 12.1 Å². The van der Waals surface area contributed by atoms with Crippen molar-refractivity contribution in [1.82, 2.24) is 5.32 Å². The van der Waals surface area contributed by atoms with Gasteiger partial charge in [0.05, 0.1) is 17.7 Å². The largest absolute Gasteiger partial charge is 0.506 e. The Morgan fingerprint density at radius 2 is 1.54 bits per heavy atom. The van der Waals surface area contributed by atoms with Gasteiger partial charge in [0.1, 0.15) is 11.5 Å². The second-order valence-corrected chi connectivity index (χ2v) is 7.19. The van der Waals surface area contributed by atoms with Gasteiger partial charge in [-0.3, -0.25) is 14.6 Å². The molecule has 1 heterocycles. The Balaban J connectivity index is 1.85. The summed E-state index contributed by atoms with van der Waals surface area (Å²) < 4.78 is 0. The Hall–Kier alpha value is -3.21. The molecule has 1 aliphatic carbocycles. The Morgan fingerprint density at radius 1 is 0.929 bits per heavy atom. The van der Waals surface area contributed by atoms with Gasteiger partial charge in [-0.15, -0.1) is 0 Å². The van der Waals surface area contributed by atoms with Gasteiger partial charge in [0.25, 0.3) is 5.91 Å². The first-order valence-corrected chi connectivity index (χ1v) is 9.62. The normalized spacial score (nSPS) is 22.4. The van der Waals surface area contributed by atoms with Gasteiger partial charge in [0.15, 0.2) is 5.78 Å². The van der Waals surface area contributed by atoms with Crippen LogP contribution in [0.15, 0.2) is 71.2 Å². The van der Waals surface area contributed by atoms with Crippen molar-refractivity contribution in [2.75, 3.05) is 0 Å². The number of amides is 1. The van der Waals surface area contributed by atoms with E-state index >= 15 is 0 Å². The summed E-state index contributed by atoms with van der Waals surface area (Å²) >= 11 is 0. The average Bonchev–Trinajstić information content (AvgIpc) is 2.75. The fourth-order valence-electron chi connectivity index (χ4n) is 3.87. The molecule has 1 fully saturated rings. The molecule has 4 rings (SSSR count). The highest BCUT2D eigenvalue weighted by Crippen LogP contribution is 2.28. The maximum atomic E-state index is 13.3. The third-order valence-electron chi connectivity index (χ3n) is 5.34. The number of fused-ring (bicyclic) bond motifs is 1. The lowest BCUT2D eigenvalue weighted by atomic mass is 9.87. The van der Waals surface area contributed by atoms with Gasteiger partial charge in [-0.25, -0.2) is 0 Å². The number of rotatable bonds is 4.